The fraction of sp³-hybridized carbons (Fsp3) is 1.00. The lowest BCUT2D eigenvalue weighted by molar-refractivity contribution is 0.0597. The van der Waals surface area contributed by atoms with Crippen LogP contribution in [-0.2, 0) is 4.74 Å². The van der Waals surface area contributed by atoms with Crippen LogP contribution in [0, 0.1) is 0 Å². The minimum Gasteiger partial charge on any atom is -0.359 e. The summed E-state index contributed by atoms with van der Waals surface area (Å²) in [7, 11) is 0. The van der Waals surface area contributed by atoms with Gasteiger partial charge in [-0.1, -0.05) is 0 Å². The van der Waals surface area contributed by atoms with Crippen molar-refractivity contribution in [1.29, 1.82) is 0 Å². The van der Waals surface area contributed by atoms with E-state index in [0.29, 0.717) is 12.1 Å². The Hall–Kier alpha value is -0.0800. The van der Waals surface area contributed by atoms with Gasteiger partial charge in [-0.2, -0.15) is 0 Å². The largest absolute Gasteiger partial charge is 0.359 e. The summed E-state index contributed by atoms with van der Waals surface area (Å²) < 4.78 is 5.36. The summed E-state index contributed by atoms with van der Waals surface area (Å²) in [6.07, 6.45) is 0.630. The van der Waals surface area contributed by atoms with E-state index >= 15 is 0 Å². The second-order valence-electron chi connectivity index (χ2n) is 2.44. The van der Waals surface area contributed by atoms with Gasteiger partial charge in [-0.05, 0) is 20.8 Å². The van der Waals surface area contributed by atoms with E-state index in [9.17, 15) is 0 Å². The monoisotopic (exact) mass is 115 g/mol. The zero-order valence-electron chi connectivity index (χ0n) is 5.64. The molecule has 1 aliphatic rings. The molecule has 0 aromatic heterocycles. The molecule has 3 atom stereocenters. The molecule has 0 radical (unpaired) electrons. The summed E-state index contributed by atoms with van der Waals surface area (Å²) in [6, 6.07) is 0.519. The molecule has 0 bridgehead atoms. The third-order valence-corrected chi connectivity index (χ3v) is 1.62. The Kier molecular flexibility index (Phi) is 1.54. The molecule has 48 valence electrons. The molecular weight excluding hydrogens is 102 g/mol. The van der Waals surface area contributed by atoms with Crippen LogP contribution in [0.5, 0.6) is 0 Å². The maximum Gasteiger partial charge on any atom is 0.106 e. The van der Waals surface area contributed by atoms with E-state index in [0.717, 1.165) is 0 Å². The second-order valence-corrected chi connectivity index (χ2v) is 2.44. The summed E-state index contributed by atoms with van der Waals surface area (Å²) in [6.45, 7) is 6.25. The molecule has 1 rings (SSSR count). The molecule has 0 spiro atoms. The molecule has 0 aromatic rings. The van der Waals surface area contributed by atoms with Crippen molar-refractivity contribution in [3.05, 3.63) is 0 Å². The van der Waals surface area contributed by atoms with Gasteiger partial charge in [-0.15, -0.1) is 0 Å². The van der Waals surface area contributed by atoms with Gasteiger partial charge in [0.1, 0.15) is 6.23 Å². The zero-order valence-corrected chi connectivity index (χ0v) is 5.64. The van der Waals surface area contributed by atoms with Crippen LogP contribution in [-0.4, -0.2) is 18.4 Å². The first kappa shape index (κ1) is 6.05. The van der Waals surface area contributed by atoms with Crippen LogP contribution in [0.4, 0.5) is 0 Å². The van der Waals surface area contributed by atoms with E-state index in [2.05, 4.69) is 19.2 Å². The van der Waals surface area contributed by atoms with Crippen molar-refractivity contribution < 1.29 is 4.74 Å². The zero-order chi connectivity index (χ0) is 6.15. The lowest BCUT2D eigenvalue weighted by Crippen LogP contribution is -2.27. The SMILES string of the molecule is CC1N[C@@H](C)O[C@@H]1C. The Morgan fingerprint density at radius 1 is 1.25 bits per heavy atom. The van der Waals surface area contributed by atoms with Gasteiger partial charge in [0.15, 0.2) is 0 Å². The van der Waals surface area contributed by atoms with Crippen molar-refractivity contribution in [2.75, 3.05) is 0 Å². The molecule has 2 nitrogen and oxygen atoms in total. The minimum atomic E-state index is 0.250. The van der Waals surface area contributed by atoms with E-state index in [-0.39, 0.29) is 6.23 Å². The van der Waals surface area contributed by atoms with E-state index in [4.69, 9.17) is 4.74 Å². The van der Waals surface area contributed by atoms with Gasteiger partial charge in [-0.3, -0.25) is 5.32 Å². The van der Waals surface area contributed by atoms with Crippen molar-refractivity contribution in [1.82, 2.24) is 5.32 Å². The van der Waals surface area contributed by atoms with Gasteiger partial charge in [-0.25, -0.2) is 0 Å². The lowest BCUT2D eigenvalue weighted by atomic mass is 10.2. The molecular formula is C6H13NO. The normalized spacial score (nSPS) is 47.6. The Bertz CT molecular complexity index is 74.6. The summed E-state index contributed by atoms with van der Waals surface area (Å²) in [5.74, 6) is 0. The first-order valence-electron chi connectivity index (χ1n) is 3.11. The molecule has 1 fully saturated rings. The third-order valence-electron chi connectivity index (χ3n) is 1.62. The summed E-state index contributed by atoms with van der Waals surface area (Å²) >= 11 is 0. The Balaban J connectivity index is 2.39. The van der Waals surface area contributed by atoms with Crippen molar-refractivity contribution in [2.45, 2.75) is 39.1 Å². The number of hydrogen-bond donors (Lipinski definition) is 1. The Labute approximate surface area is 50.2 Å². The molecule has 1 heterocycles. The molecule has 0 saturated carbocycles. The smallest absolute Gasteiger partial charge is 0.106 e. The first-order valence-corrected chi connectivity index (χ1v) is 3.11. The van der Waals surface area contributed by atoms with Gasteiger partial charge >= 0.3 is 0 Å². The summed E-state index contributed by atoms with van der Waals surface area (Å²) in [5, 5.41) is 3.24. The molecule has 0 amide bonds. The topological polar surface area (TPSA) is 21.3 Å². The third kappa shape index (κ3) is 1.01. The first-order chi connectivity index (χ1) is 3.70. The van der Waals surface area contributed by atoms with Crippen molar-refractivity contribution in [3.8, 4) is 0 Å². The molecule has 1 N–H and O–H groups in total. The van der Waals surface area contributed by atoms with E-state index in [1.54, 1.807) is 0 Å². The highest BCUT2D eigenvalue weighted by Gasteiger charge is 2.23. The molecule has 8 heavy (non-hydrogen) atoms. The molecule has 1 unspecified atom stereocenters. The Morgan fingerprint density at radius 2 is 1.88 bits per heavy atom. The van der Waals surface area contributed by atoms with Crippen molar-refractivity contribution in [3.63, 3.8) is 0 Å². The standard InChI is InChI=1S/C6H13NO/c1-4-5(2)8-6(3)7-4/h4-7H,1-3H3/t4?,5-,6-/m1/s1. The summed E-state index contributed by atoms with van der Waals surface area (Å²) in [5.41, 5.74) is 0. The molecule has 0 aliphatic carbocycles. The van der Waals surface area contributed by atoms with Crippen LogP contribution in [0.2, 0.25) is 0 Å². The van der Waals surface area contributed by atoms with Crippen LogP contribution in [0.15, 0.2) is 0 Å². The van der Waals surface area contributed by atoms with E-state index < -0.39 is 0 Å². The average molecular weight is 115 g/mol. The highest BCUT2D eigenvalue weighted by Crippen LogP contribution is 2.09. The van der Waals surface area contributed by atoms with Crippen LogP contribution in [0.3, 0.4) is 0 Å². The Morgan fingerprint density at radius 3 is 2.00 bits per heavy atom. The number of hydrogen-bond acceptors (Lipinski definition) is 2. The van der Waals surface area contributed by atoms with Crippen molar-refractivity contribution in [2.24, 2.45) is 0 Å². The van der Waals surface area contributed by atoms with Gasteiger partial charge in [0.25, 0.3) is 0 Å². The average Bonchev–Trinajstić information content (AvgIpc) is 1.85. The van der Waals surface area contributed by atoms with Crippen LogP contribution in [0.25, 0.3) is 0 Å². The van der Waals surface area contributed by atoms with Crippen molar-refractivity contribution >= 4 is 0 Å². The number of nitrogens with one attached hydrogen (secondary N) is 1. The van der Waals surface area contributed by atoms with E-state index in [1.807, 2.05) is 6.92 Å². The lowest BCUT2D eigenvalue weighted by Gasteiger charge is -2.03. The molecule has 1 aliphatic heterocycles. The minimum absolute atomic E-state index is 0.250. The molecule has 1 saturated heterocycles. The highest BCUT2D eigenvalue weighted by molar-refractivity contribution is 4.75. The summed E-state index contributed by atoms with van der Waals surface area (Å²) in [4.78, 5) is 0. The second kappa shape index (κ2) is 2.03. The maximum absolute atomic E-state index is 5.36. The fourth-order valence-electron chi connectivity index (χ4n) is 0.985. The molecule has 0 aromatic carbocycles. The predicted molar refractivity (Wildman–Crippen MR) is 32.6 cm³/mol. The van der Waals surface area contributed by atoms with E-state index in [1.165, 1.54) is 0 Å². The van der Waals surface area contributed by atoms with Gasteiger partial charge < -0.3 is 4.74 Å². The highest BCUT2D eigenvalue weighted by atomic mass is 16.5. The predicted octanol–water partition coefficient (Wildman–Crippen LogP) is 0.729. The van der Waals surface area contributed by atoms with Gasteiger partial charge in [0.05, 0.1) is 6.10 Å². The maximum atomic E-state index is 5.36. The quantitative estimate of drug-likeness (QED) is 0.502. The van der Waals surface area contributed by atoms with Crippen LogP contribution in [0.1, 0.15) is 20.8 Å². The fourth-order valence-corrected chi connectivity index (χ4v) is 0.985. The van der Waals surface area contributed by atoms with Gasteiger partial charge in [0.2, 0.25) is 0 Å². The van der Waals surface area contributed by atoms with Crippen LogP contribution < -0.4 is 5.32 Å². The molecule has 2 heteroatoms. The number of rotatable bonds is 0. The number of ether oxygens (including phenoxy) is 1. The van der Waals surface area contributed by atoms with Gasteiger partial charge in [0, 0.05) is 6.04 Å². The van der Waals surface area contributed by atoms with Crippen LogP contribution >= 0.6 is 0 Å².